The van der Waals surface area contributed by atoms with Crippen LogP contribution in [0, 0.1) is 12.7 Å². The summed E-state index contributed by atoms with van der Waals surface area (Å²) in [5.41, 5.74) is 3.64. The van der Waals surface area contributed by atoms with E-state index in [4.69, 9.17) is 24.2 Å². The van der Waals surface area contributed by atoms with E-state index in [0.717, 1.165) is 66.2 Å². The Morgan fingerprint density at radius 2 is 2.00 bits per heavy atom. The maximum absolute atomic E-state index is 17.0. The van der Waals surface area contributed by atoms with E-state index in [-0.39, 0.29) is 41.6 Å². The van der Waals surface area contributed by atoms with Crippen molar-refractivity contribution in [3.63, 3.8) is 0 Å². The number of halogens is 2. The summed E-state index contributed by atoms with van der Waals surface area (Å²) in [5.74, 6) is 0.0309. The minimum absolute atomic E-state index is 0.0865. The van der Waals surface area contributed by atoms with Crippen LogP contribution in [-0.2, 0) is 15.9 Å². The Labute approximate surface area is 260 Å². The van der Waals surface area contributed by atoms with E-state index in [2.05, 4.69) is 31.0 Å². The van der Waals surface area contributed by atoms with Crippen LogP contribution in [0.15, 0.2) is 18.5 Å². The molecule has 5 aliphatic rings. The van der Waals surface area contributed by atoms with Crippen LogP contribution in [0.2, 0.25) is 0 Å². The number of rotatable bonds is 3. The van der Waals surface area contributed by atoms with E-state index in [1.165, 1.54) is 0 Å². The molecule has 4 aromatic rings. The van der Waals surface area contributed by atoms with Crippen LogP contribution in [0.4, 0.5) is 14.6 Å². The van der Waals surface area contributed by atoms with Crippen molar-refractivity contribution in [2.75, 3.05) is 50.9 Å². The van der Waals surface area contributed by atoms with Crippen LogP contribution in [0.25, 0.3) is 33.1 Å². The van der Waals surface area contributed by atoms with Crippen molar-refractivity contribution < 1.29 is 23.0 Å². The van der Waals surface area contributed by atoms with Crippen molar-refractivity contribution in [2.24, 2.45) is 0 Å². The molecule has 0 amide bonds. The van der Waals surface area contributed by atoms with E-state index in [1.54, 1.807) is 12.4 Å². The Balaban J connectivity index is 1.29. The number of H-pyrrole nitrogens is 1. The minimum Gasteiger partial charge on any atom is -0.461 e. The summed E-state index contributed by atoms with van der Waals surface area (Å²) in [7, 11) is 0. The molecule has 45 heavy (non-hydrogen) atoms. The average molecular weight is 620 g/mol. The van der Waals surface area contributed by atoms with Crippen molar-refractivity contribution >= 4 is 27.6 Å². The zero-order valence-electron chi connectivity index (χ0n) is 25.8. The topological polar surface area (TPSA) is 102 Å². The fourth-order valence-electron chi connectivity index (χ4n) is 7.94. The Kier molecular flexibility index (Phi) is 7.33. The number of ether oxygens (including phenoxy) is 3. The normalized spacial score (nSPS) is 27.5. The second-order valence-corrected chi connectivity index (χ2v) is 13.1. The Morgan fingerprint density at radius 1 is 1.09 bits per heavy atom. The molecule has 0 saturated carbocycles. The van der Waals surface area contributed by atoms with E-state index in [0.29, 0.717) is 50.5 Å². The number of morpholine rings is 1. The highest BCUT2D eigenvalue weighted by molar-refractivity contribution is 5.99. The zero-order chi connectivity index (χ0) is 30.7. The number of hydrogen-bond acceptors (Lipinski definition) is 9. The Morgan fingerprint density at radius 3 is 2.91 bits per heavy atom. The van der Waals surface area contributed by atoms with Crippen molar-refractivity contribution in [3.8, 4) is 17.3 Å². The quantitative estimate of drug-likeness (QED) is 0.343. The predicted octanol–water partition coefficient (Wildman–Crippen LogP) is 4.92. The number of benzene rings is 1. The van der Waals surface area contributed by atoms with Gasteiger partial charge >= 0.3 is 6.01 Å². The first-order valence-electron chi connectivity index (χ1n) is 16.2. The molecule has 12 heteroatoms. The zero-order valence-corrected chi connectivity index (χ0v) is 25.8. The molecule has 0 unspecified atom stereocenters. The van der Waals surface area contributed by atoms with Gasteiger partial charge in [-0.25, -0.2) is 8.78 Å². The van der Waals surface area contributed by atoms with Crippen molar-refractivity contribution in [2.45, 2.75) is 76.3 Å². The molecule has 1 aromatic carbocycles. The lowest BCUT2D eigenvalue weighted by atomic mass is 9.91. The maximum atomic E-state index is 17.0. The molecular formula is C33H39F2N7O3. The average Bonchev–Trinajstić information content (AvgIpc) is 3.74. The highest BCUT2D eigenvalue weighted by Crippen LogP contribution is 2.42. The summed E-state index contributed by atoms with van der Waals surface area (Å²) < 4.78 is 50.2. The van der Waals surface area contributed by atoms with Crippen LogP contribution in [0.5, 0.6) is 6.01 Å². The summed E-state index contributed by atoms with van der Waals surface area (Å²) in [5, 5.41) is 8.65. The number of aromatic amines is 1. The van der Waals surface area contributed by atoms with Gasteiger partial charge in [0.25, 0.3) is 0 Å². The van der Waals surface area contributed by atoms with Gasteiger partial charge in [0, 0.05) is 49.8 Å². The molecule has 9 rings (SSSR count). The fourth-order valence-corrected chi connectivity index (χ4v) is 7.94. The third-order valence-electron chi connectivity index (χ3n) is 10.3. The summed E-state index contributed by atoms with van der Waals surface area (Å²) in [6.45, 7) is 7.80. The van der Waals surface area contributed by atoms with Gasteiger partial charge in [-0.1, -0.05) is 0 Å². The summed E-state index contributed by atoms with van der Waals surface area (Å²) in [6.07, 6.45) is 7.00. The maximum Gasteiger partial charge on any atom is 0.319 e. The molecular weight excluding hydrogens is 580 g/mol. The second kappa shape index (κ2) is 11.4. The first-order chi connectivity index (χ1) is 21.9. The van der Waals surface area contributed by atoms with Gasteiger partial charge in [0.05, 0.1) is 35.3 Å². The third kappa shape index (κ3) is 5.01. The van der Waals surface area contributed by atoms with Crippen molar-refractivity contribution in [3.05, 3.63) is 35.4 Å². The van der Waals surface area contributed by atoms with Gasteiger partial charge < -0.3 is 19.1 Å². The Hall–Kier alpha value is -3.48. The second-order valence-electron chi connectivity index (χ2n) is 13.1. The number of fused-ring (bicyclic) bond motifs is 8. The van der Waals surface area contributed by atoms with Gasteiger partial charge in [-0.2, -0.15) is 15.1 Å². The third-order valence-corrected chi connectivity index (χ3v) is 10.3. The molecule has 4 atom stereocenters. The van der Waals surface area contributed by atoms with Gasteiger partial charge in [0.1, 0.15) is 35.9 Å². The monoisotopic (exact) mass is 619 g/mol. The first-order valence-corrected chi connectivity index (χ1v) is 16.2. The summed E-state index contributed by atoms with van der Waals surface area (Å²) in [6, 6.07) is 2.15. The van der Waals surface area contributed by atoms with Crippen LogP contribution >= 0.6 is 0 Å². The number of pyridine rings is 1. The van der Waals surface area contributed by atoms with Crippen LogP contribution in [0.3, 0.4) is 0 Å². The molecule has 5 aliphatic heterocycles. The number of aryl methyl sites for hydroxylation is 1. The SMILES string of the molecule is Cc1cc2[nH]ncc2c2c1CCCCO[C@H](C)[C@@H]1CN(CCO1)c1nc(OC[C@@]34CCCN3C[C@H](F)C4)nc3c(F)c-2ncc13. The van der Waals surface area contributed by atoms with Gasteiger partial charge in [-0.3, -0.25) is 15.0 Å². The van der Waals surface area contributed by atoms with Crippen LogP contribution < -0.4 is 9.64 Å². The molecule has 3 aromatic heterocycles. The first kappa shape index (κ1) is 29.0. The van der Waals surface area contributed by atoms with Crippen molar-refractivity contribution in [1.29, 1.82) is 0 Å². The van der Waals surface area contributed by atoms with Gasteiger partial charge in [-0.15, -0.1) is 0 Å². The number of hydrogen-bond donors (Lipinski definition) is 1. The summed E-state index contributed by atoms with van der Waals surface area (Å²) >= 11 is 0. The lowest BCUT2D eigenvalue weighted by molar-refractivity contribution is -0.0706. The molecule has 0 spiro atoms. The molecule has 8 heterocycles. The van der Waals surface area contributed by atoms with Crippen LogP contribution in [-0.4, -0.2) is 100.0 Å². The molecule has 1 N–H and O–H groups in total. The molecule has 0 radical (unpaired) electrons. The smallest absolute Gasteiger partial charge is 0.319 e. The number of anilines is 1. The van der Waals surface area contributed by atoms with Crippen molar-refractivity contribution in [1.82, 2.24) is 30.0 Å². The molecule has 3 fully saturated rings. The van der Waals surface area contributed by atoms with Gasteiger partial charge in [0.2, 0.25) is 0 Å². The van der Waals surface area contributed by atoms with Crippen LogP contribution in [0.1, 0.15) is 50.2 Å². The number of alkyl halides is 1. The lowest BCUT2D eigenvalue weighted by Crippen LogP contribution is -2.48. The molecule has 6 bridgehead atoms. The molecule has 238 valence electrons. The largest absolute Gasteiger partial charge is 0.461 e. The fraction of sp³-hybridized carbons (Fsp3) is 0.576. The van der Waals surface area contributed by atoms with Gasteiger partial charge in [-0.05, 0) is 69.7 Å². The Bertz CT molecular complexity index is 1750. The minimum atomic E-state index is -0.877. The highest BCUT2D eigenvalue weighted by Gasteiger charge is 2.49. The van der Waals surface area contributed by atoms with E-state index in [1.807, 2.05) is 13.8 Å². The van der Waals surface area contributed by atoms with Gasteiger partial charge in [0.15, 0.2) is 5.82 Å². The van der Waals surface area contributed by atoms with E-state index < -0.39 is 12.0 Å². The highest BCUT2D eigenvalue weighted by atomic mass is 19.1. The predicted molar refractivity (Wildman–Crippen MR) is 166 cm³/mol. The molecule has 0 aliphatic carbocycles. The summed E-state index contributed by atoms with van der Waals surface area (Å²) in [4.78, 5) is 18.6. The number of nitrogens with one attached hydrogen (secondary N) is 1. The standard InChI is InChI=1S/C33H39F2N7O3/c1-19-12-25-23(15-37-40-25)27-22(19)6-3-4-10-43-20(2)26-17-41(9-11-44-26)31-24-14-36-30(27)28(35)29(24)38-32(39-31)45-18-33-7-5-8-42(33)16-21(34)13-33/h12,14-15,20-21,26H,3-11,13,16-18H2,1-2H3,(H,37,40)/t20-,21-,26+,33+/m1/s1. The molecule has 3 saturated heterocycles. The van der Waals surface area contributed by atoms with E-state index in [9.17, 15) is 4.39 Å². The molecule has 10 nitrogen and oxygen atoms in total. The van der Waals surface area contributed by atoms with E-state index >= 15 is 4.39 Å². The number of aromatic nitrogens is 5. The number of nitrogens with zero attached hydrogens (tertiary/aromatic N) is 6. The lowest BCUT2D eigenvalue weighted by Gasteiger charge is -2.37.